The number of ether oxygens (including phenoxy) is 1. The number of rotatable bonds is 7. The first-order valence-electron chi connectivity index (χ1n) is 11.1. The summed E-state index contributed by atoms with van der Waals surface area (Å²) in [6.07, 6.45) is -2.95. The number of H-pyrrole nitrogens is 1. The lowest BCUT2D eigenvalue weighted by Gasteiger charge is -2.27. The molecule has 0 aliphatic carbocycles. The van der Waals surface area contributed by atoms with Gasteiger partial charge in [-0.15, -0.1) is 0 Å². The molecule has 0 radical (unpaired) electrons. The van der Waals surface area contributed by atoms with Gasteiger partial charge in [-0.3, -0.25) is 14.4 Å². The van der Waals surface area contributed by atoms with Gasteiger partial charge in [0.15, 0.2) is 0 Å². The molecule has 188 valence electrons. The molecule has 1 aromatic heterocycles. The molecule has 1 aliphatic heterocycles. The van der Waals surface area contributed by atoms with E-state index in [-0.39, 0.29) is 36.4 Å². The largest absolute Gasteiger partial charge is 0.418 e. The highest BCUT2D eigenvalue weighted by Crippen LogP contribution is 2.35. The monoisotopic (exact) mass is 500 g/mol. The summed E-state index contributed by atoms with van der Waals surface area (Å²) in [5.41, 5.74) is -1.09. The highest BCUT2D eigenvalue weighted by molar-refractivity contribution is 5.99. The van der Waals surface area contributed by atoms with E-state index in [1.165, 1.54) is 36.5 Å². The van der Waals surface area contributed by atoms with E-state index < -0.39 is 29.1 Å². The fraction of sp³-hybridized carbons (Fsp3) is 0.240. The maximum Gasteiger partial charge on any atom is 0.418 e. The van der Waals surface area contributed by atoms with Crippen LogP contribution in [0.4, 0.5) is 24.5 Å². The van der Waals surface area contributed by atoms with Gasteiger partial charge in [0.2, 0.25) is 11.5 Å². The van der Waals surface area contributed by atoms with Crippen LogP contribution >= 0.6 is 0 Å². The van der Waals surface area contributed by atoms with Crippen LogP contribution in [0.5, 0.6) is 0 Å². The molecule has 1 aliphatic rings. The van der Waals surface area contributed by atoms with Crippen LogP contribution in [0.1, 0.15) is 27.9 Å². The topological polar surface area (TPSA) is 112 Å². The molecule has 3 aromatic rings. The van der Waals surface area contributed by atoms with E-state index in [9.17, 15) is 27.6 Å². The van der Waals surface area contributed by atoms with Gasteiger partial charge in [-0.05, 0) is 35.9 Å². The van der Waals surface area contributed by atoms with Gasteiger partial charge in [0, 0.05) is 37.5 Å². The molecule has 1 fully saturated rings. The molecule has 4 rings (SSSR count). The Morgan fingerprint density at radius 1 is 1.03 bits per heavy atom. The van der Waals surface area contributed by atoms with E-state index in [1.54, 1.807) is 24.3 Å². The molecule has 36 heavy (non-hydrogen) atoms. The Morgan fingerprint density at radius 3 is 2.42 bits per heavy atom. The van der Waals surface area contributed by atoms with Crippen LogP contribution in [-0.4, -0.2) is 35.6 Å². The lowest BCUT2D eigenvalue weighted by atomic mass is 9.96. The Kier molecular flexibility index (Phi) is 7.11. The summed E-state index contributed by atoms with van der Waals surface area (Å²) < 4.78 is 45.0. The molecule has 8 nitrogen and oxygen atoms in total. The van der Waals surface area contributed by atoms with Crippen LogP contribution in [0.3, 0.4) is 0 Å². The van der Waals surface area contributed by atoms with Crippen molar-refractivity contribution in [3.8, 4) is 0 Å². The third-order valence-electron chi connectivity index (χ3n) is 5.77. The van der Waals surface area contributed by atoms with Gasteiger partial charge in [0.25, 0.3) is 5.91 Å². The smallest absolute Gasteiger partial charge is 0.378 e. The van der Waals surface area contributed by atoms with Gasteiger partial charge in [-0.25, -0.2) is 0 Å². The van der Waals surface area contributed by atoms with Gasteiger partial charge in [-0.2, -0.15) is 13.2 Å². The van der Waals surface area contributed by atoms with Crippen LogP contribution in [0.2, 0.25) is 0 Å². The molecule has 2 aromatic carbocycles. The van der Waals surface area contributed by atoms with Gasteiger partial charge in [0.1, 0.15) is 5.54 Å². The van der Waals surface area contributed by atoms with Crippen molar-refractivity contribution in [1.29, 1.82) is 0 Å². The number of hydrogen-bond acceptors (Lipinski definition) is 5. The highest BCUT2D eigenvalue weighted by Gasteiger charge is 2.43. The number of para-hydroxylation sites is 1. The fourth-order valence-electron chi connectivity index (χ4n) is 3.79. The molecule has 11 heteroatoms. The molecule has 0 bridgehead atoms. The van der Waals surface area contributed by atoms with Crippen molar-refractivity contribution in [3.63, 3.8) is 0 Å². The predicted octanol–water partition coefficient (Wildman–Crippen LogP) is 3.34. The van der Waals surface area contributed by atoms with Crippen molar-refractivity contribution in [2.45, 2.75) is 24.7 Å². The summed E-state index contributed by atoms with van der Waals surface area (Å²) in [6, 6.07) is 14.3. The number of hydrogen-bond donors (Lipinski definition) is 4. The minimum atomic E-state index is -4.49. The molecule has 0 spiro atoms. The molecular weight excluding hydrogens is 477 g/mol. The second kappa shape index (κ2) is 10.2. The number of amides is 2. The van der Waals surface area contributed by atoms with Crippen LogP contribution in [0.25, 0.3) is 0 Å². The Hall–Kier alpha value is -4.12. The third-order valence-corrected chi connectivity index (χ3v) is 5.77. The normalized spacial score (nSPS) is 17.4. The second-order valence-electron chi connectivity index (χ2n) is 8.33. The minimum absolute atomic E-state index is 0.00456. The zero-order valence-corrected chi connectivity index (χ0v) is 18.9. The fourth-order valence-corrected chi connectivity index (χ4v) is 3.79. The lowest BCUT2D eigenvalue weighted by molar-refractivity contribution is -0.137. The molecule has 0 saturated carbocycles. The molecule has 1 unspecified atom stereocenters. The second-order valence-corrected chi connectivity index (χ2v) is 8.33. The molecule has 1 saturated heterocycles. The number of alkyl halides is 3. The van der Waals surface area contributed by atoms with Gasteiger partial charge in [-0.1, -0.05) is 24.3 Å². The number of nitrogens with one attached hydrogen (secondary N) is 4. The quantitative estimate of drug-likeness (QED) is 0.398. The zero-order chi connectivity index (χ0) is 25.8. The SMILES string of the molecule is O=C(NC1(C(=O)NCc2ccc(Nc3ccccc3C(F)(F)F)cc2)CCOC1)c1ccc(=O)[nH]c1. The van der Waals surface area contributed by atoms with E-state index in [0.717, 1.165) is 6.07 Å². The molecule has 4 N–H and O–H groups in total. The van der Waals surface area contributed by atoms with Crippen LogP contribution in [0, 0.1) is 0 Å². The van der Waals surface area contributed by atoms with Gasteiger partial charge >= 0.3 is 6.18 Å². The number of pyridine rings is 1. The maximum absolute atomic E-state index is 13.2. The highest BCUT2D eigenvalue weighted by atomic mass is 19.4. The van der Waals surface area contributed by atoms with E-state index in [0.29, 0.717) is 17.9 Å². The minimum Gasteiger partial charge on any atom is -0.378 e. The van der Waals surface area contributed by atoms with Crippen molar-refractivity contribution in [2.75, 3.05) is 18.5 Å². The zero-order valence-electron chi connectivity index (χ0n) is 18.9. The number of aromatic nitrogens is 1. The summed E-state index contributed by atoms with van der Waals surface area (Å²) in [5.74, 6) is -0.958. The van der Waals surface area contributed by atoms with Crippen LogP contribution in [0.15, 0.2) is 71.7 Å². The van der Waals surface area contributed by atoms with Crippen LogP contribution < -0.4 is 21.5 Å². The Bertz CT molecular complexity index is 1280. The Balaban J connectivity index is 1.39. The number of carbonyl (C=O) groups is 2. The summed E-state index contributed by atoms with van der Waals surface area (Å²) in [7, 11) is 0. The van der Waals surface area contributed by atoms with E-state index in [4.69, 9.17) is 4.74 Å². The maximum atomic E-state index is 13.2. The first kappa shape index (κ1) is 25.0. The first-order valence-corrected chi connectivity index (χ1v) is 11.1. The number of carbonyl (C=O) groups excluding carboxylic acids is 2. The van der Waals surface area contributed by atoms with Gasteiger partial charge in [0.05, 0.1) is 23.4 Å². The summed E-state index contributed by atoms with van der Waals surface area (Å²) >= 11 is 0. The van der Waals surface area contributed by atoms with Crippen LogP contribution in [-0.2, 0) is 22.3 Å². The van der Waals surface area contributed by atoms with Crippen molar-refractivity contribution in [1.82, 2.24) is 15.6 Å². The number of anilines is 2. The predicted molar refractivity (Wildman–Crippen MR) is 126 cm³/mol. The van der Waals surface area contributed by atoms with Gasteiger partial charge < -0.3 is 25.7 Å². The summed E-state index contributed by atoms with van der Waals surface area (Å²) in [6.45, 7) is 0.420. The molecular formula is C25H23F3N4O4. The lowest BCUT2D eigenvalue weighted by Crippen LogP contribution is -2.59. The number of halogens is 3. The molecule has 2 heterocycles. The Labute approximate surface area is 203 Å². The third kappa shape index (κ3) is 5.74. The summed E-state index contributed by atoms with van der Waals surface area (Å²) in [5, 5.41) is 8.27. The standard InChI is InChI=1S/C25H23F3N4O4/c26-25(27,28)19-3-1-2-4-20(19)31-18-8-5-16(6-9-18)13-30-23(35)24(11-12-36-15-24)32-22(34)17-7-10-21(33)29-14-17/h1-10,14,31H,11-13,15H2,(H,29,33)(H,30,35)(H,32,34). The average Bonchev–Trinajstić information content (AvgIpc) is 3.33. The van der Waals surface area contributed by atoms with Crippen molar-refractivity contribution in [2.24, 2.45) is 0 Å². The number of benzene rings is 2. The Morgan fingerprint density at radius 2 is 1.78 bits per heavy atom. The van der Waals surface area contributed by atoms with E-state index in [1.807, 2.05) is 0 Å². The number of aromatic amines is 1. The first-order chi connectivity index (χ1) is 17.2. The van der Waals surface area contributed by atoms with E-state index in [2.05, 4.69) is 20.9 Å². The average molecular weight is 500 g/mol. The van der Waals surface area contributed by atoms with Crippen molar-refractivity contribution >= 4 is 23.2 Å². The molecule has 2 amide bonds. The molecule has 1 atom stereocenters. The van der Waals surface area contributed by atoms with E-state index >= 15 is 0 Å². The summed E-state index contributed by atoms with van der Waals surface area (Å²) in [4.78, 5) is 39.3. The van der Waals surface area contributed by atoms with Crippen molar-refractivity contribution in [3.05, 3.63) is 93.9 Å². The van der Waals surface area contributed by atoms with Crippen molar-refractivity contribution < 1.29 is 27.5 Å².